The molecule has 0 heterocycles. The van der Waals surface area contributed by atoms with Crippen LogP contribution in [0.1, 0.15) is 162 Å². The highest BCUT2D eigenvalue weighted by Crippen LogP contribution is 2.43. The molecule has 5 saturated carbocycles. The van der Waals surface area contributed by atoms with Crippen molar-refractivity contribution in [2.24, 2.45) is 53.3 Å². The molecule has 5 aliphatic carbocycles. The van der Waals surface area contributed by atoms with E-state index in [0.717, 1.165) is 74.0 Å². The summed E-state index contributed by atoms with van der Waals surface area (Å²) in [6, 6.07) is 0. The minimum absolute atomic E-state index is 0.00663. The maximum absolute atomic E-state index is 13.6. The van der Waals surface area contributed by atoms with Crippen molar-refractivity contribution in [3.63, 3.8) is 0 Å². The third kappa shape index (κ3) is 8.99. The summed E-state index contributed by atoms with van der Waals surface area (Å²) < 4.78 is 12.1. The topological polar surface area (TPSA) is 52.6 Å². The lowest BCUT2D eigenvalue weighted by Crippen LogP contribution is -2.34. The molecule has 0 spiro atoms. The van der Waals surface area contributed by atoms with Crippen LogP contribution in [0.2, 0.25) is 0 Å². The largest absolute Gasteiger partial charge is 0.465 e. The lowest BCUT2D eigenvalue weighted by molar-refractivity contribution is -0.162. The Balaban J connectivity index is 1.04. The van der Waals surface area contributed by atoms with E-state index in [1.165, 1.54) is 103 Å². The van der Waals surface area contributed by atoms with E-state index in [2.05, 4.69) is 13.8 Å². The minimum atomic E-state index is -0.107. The highest BCUT2D eigenvalue weighted by atomic mass is 16.5. The van der Waals surface area contributed by atoms with E-state index in [9.17, 15) is 9.59 Å². The molecule has 0 aromatic rings. The second-order valence-corrected chi connectivity index (χ2v) is 15.8. The Labute approximate surface area is 258 Å². The molecule has 1 atom stereocenters. The summed E-state index contributed by atoms with van der Waals surface area (Å²) in [4.78, 5) is 26.6. The van der Waals surface area contributed by atoms with Gasteiger partial charge in [-0.15, -0.1) is 0 Å². The Morgan fingerprint density at radius 1 is 0.643 bits per heavy atom. The number of carbonyl (C=O) groups is 2. The molecule has 0 N–H and O–H groups in total. The Morgan fingerprint density at radius 3 is 1.74 bits per heavy atom. The zero-order valence-corrected chi connectivity index (χ0v) is 27.4. The van der Waals surface area contributed by atoms with Crippen molar-refractivity contribution in [1.29, 1.82) is 0 Å². The van der Waals surface area contributed by atoms with Crippen LogP contribution in [-0.2, 0) is 19.1 Å². The van der Waals surface area contributed by atoms with E-state index >= 15 is 0 Å². The molecule has 0 aliphatic heterocycles. The summed E-state index contributed by atoms with van der Waals surface area (Å²) in [5.74, 6) is 5.66. The molecule has 42 heavy (non-hydrogen) atoms. The van der Waals surface area contributed by atoms with Crippen LogP contribution < -0.4 is 0 Å². The van der Waals surface area contributed by atoms with Gasteiger partial charge in [0.2, 0.25) is 0 Å². The van der Waals surface area contributed by atoms with Crippen molar-refractivity contribution in [1.82, 2.24) is 0 Å². The van der Waals surface area contributed by atoms with Gasteiger partial charge in [-0.2, -0.15) is 0 Å². The van der Waals surface area contributed by atoms with Crippen LogP contribution in [0.5, 0.6) is 0 Å². The van der Waals surface area contributed by atoms with Gasteiger partial charge in [0.05, 0.1) is 18.4 Å². The molecule has 0 aromatic heterocycles. The average Bonchev–Trinajstić information content (AvgIpc) is 3.04. The molecule has 0 bridgehead atoms. The third-order valence-electron chi connectivity index (χ3n) is 13.2. The molecule has 0 saturated heterocycles. The molecule has 240 valence electrons. The van der Waals surface area contributed by atoms with Crippen LogP contribution in [0.4, 0.5) is 0 Å². The van der Waals surface area contributed by atoms with Crippen LogP contribution >= 0.6 is 0 Å². The number of carbonyl (C=O) groups excluding carboxylic acids is 2. The molecule has 4 nitrogen and oxygen atoms in total. The first-order valence-electron chi connectivity index (χ1n) is 18.9. The maximum Gasteiger partial charge on any atom is 0.309 e. The highest BCUT2D eigenvalue weighted by molar-refractivity contribution is 5.74. The zero-order valence-electron chi connectivity index (χ0n) is 27.4. The van der Waals surface area contributed by atoms with E-state index in [0.29, 0.717) is 18.9 Å². The molecule has 5 aliphatic rings. The quantitative estimate of drug-likeness (QED) is 0.240. The van der Waals surface area contributed by atoms with Crippen molar-refractivity contribution in [3.05, 3.63) is 0 Å². The molecule has 0 aromatic carbocycles. The molecule has 5 rings (SSSR count). The van der Waals surface area contributed by atoms with E-state index in [4.69, 9.17) is 9.47 Å². The van der Waals surface area contributed by atoms with Crippen molar-refractivity contribution in [3.8, 4) is 0 Å². The molecule has 0 radical (unpaired) electrons. The zero-order chi connectivity index (χ0) is 29.3. The predicted octanol–water partition coefficient (Wildman–Crippen LogP) is 10.1. The normalized spacial score (nSPS) is 37.5. The summed E-state index contributed by atoms with van der Waals surface area (Å²) in [5, 5.41) is 0. The first-order valence-corrected chi connectivity index (χ1v) is 18.9. The number of ether oxygens (including phenoxy) is 2. The van der Waals surface area contributed by atoms with E-state index in [1.807, 2.05) is 0 Å². The monoisotopic (exact) mass is 584 g/mol. The summed E-state index contributed by atoms with van der Waals surface area (Å²) in [6.45, 7) is 5.12. The van der Waals surface area contributed by atoms with Gasteiger partial charge in [-0.3, -0.25) is 9.59 Å². The SMILES string of the molecule is CCC1CCC(C2CCC(OC(=O)C(CCOC(=O)C3CCC(C4CCC(C)CC4)CC3)C3CCCCC3)CC2)CC1. The molecule has 4 heteroatoms. The smallest absolute Gasteiger partial charge is 0.309 e. The fraction of sp³-hybridized carbons (Fsp3) is 0.947. The first kappa shape index (κ1) is 32.3. The minimum Gasteiger partial charge on any atom is -0.465 e. The molecular weight excluding hydrogens is 520 g/mol. The molecule has 0 amide bonds. The number of hydrogen-bond acceptors (Lipinski definition) is 4. The van der Waals surface area contributed by atoms with Gasteiger partial charge in [0.1, 0.15) is 6.10 Å². The number of rotatable bonds is 10. The highest BCUT2D eigenvalue weighted by Gasteiger charge is 2.36. The number of esters is 2. The fourth-order valence-electron chi connectivity index (χ4n) is 10.1. The molecule has 1 unspecified atom stereocenters. The van der Waals surface area contributed by atoms with Gasteiger partial charge in [-0.25, -0.2) is 0 Å². The maximum atomic E-state index is 13.6. The van der Waals surface area contributed by atoms with Gasteiger partial charge in [0.15, 0.2) is 0 Å². The Bertz CT molecular complexity index is 801. The van der Waals surface area contributed by atoms with Crippen LogP contribution in [0, 0.1) is 53.3 Å². The first-order chi connectivity index (χ1) is 20.5. The fourth-order valence-corrected chi connectivity index (χ4v) is 10.1. The Hall–Kier alpha value is -1.06. The van der Waals surface area contributed by atoms with Crippen LogP contribution in [0.3, 0.4) is 0 Å². The van der Waals surface area contributed by atoms with Gasteiger partial charge in [-0.05, 0) is 138 Å². The van der Waals surface area contributed by atoms with Gasteiger partial charge >= 0.3 is 11.9 Å². The third-order valence-corrected chi connectivity index (χ3v) is 13.2. The second kappa shape index (κ2) is 16.3. The van der Waals surface area contributed by atoms with Crippen LogP contribution in [0.25, 0.3) is 0 Å². The molecular formula is C38H64O4. The van der Waals surface area contributed by atoms with Crippen molar-refractivity contribution in [2.45, 2.75) is 168 Å². The summed E-state index contributed by atoms with van der Waals surface area (Å²) >= 11 is 0. The van der Waals surface area contributed by atoms with E-state index in [-0.39, 0.29) is 29.9 Å². The summed E-state index contributed by atoms with van der Waals surface area (Å²) in [5.41, 5.74) is 0. The van der Waals surface area contributed by atoms with Crippen molar-refractivity contribution >= 4 is 11.9 Å². The van der Waals surface area contributed by atoms with E-state index in [1.54, 1.807) is 0 Å². The van der Waals surface area contributed by atoms with Gasteiger partial charge in [-0.1, -0.05) is 65.2 Å². The van der Waals surface area contributed by atoms with Gasteiger partial charge in [0, 0.05) is 0 Å². The number of hydrogen-bond donors (Lipinski definition) is 0. The standard InChI is InChI=1S/C38H64O4/c1-3-28-11-15-30(16-12-28)32-21-23-35(24-22-32)42-38(40)36(33-7-5-4-6-8-33)25-26-41-37(39)34-19-17-31(18-20-34)29-13-9-27(2)10-14-29/h27-36H,3-26H2,1-2H3. The Kier molecular flexibility index (Phi) is 12.6. The predicted molar refractivity (Wildman–Crippen MR) is 170 cm³/mol. The van der Waals surface area contributed by atoms with Gasteiger partial charge in [0.25, 0.3) is 0 Å². The summed E-state index contributed by atoms with van der Waals surface area (Å²) in [7, 11) is 0. The van der Waals surface area contributed by atoms with Crippen LogP contribution in [-0.4, -0.2) is 24.6 Å². The summed E-state index contributed by atoms with van der Waals surface area (Å²) in [6.07, 6.45) is 28.1. The lowest BCUT2D eigenvalue weighted by Gasteiger charge is -2.38. The Morgan fingerprint density at radius 2 is 1.17 bits per heavy atom. The van der Waals surface area contributed by atoms with E-state index < -0.39 is 0 Å². The van der Waals surface area contributed by atoms with Crippen LogP contribution in [0.15, 0.2) is 0 Å². The lowest BCUT2D eigenvalue weighted by atomic mass is 9.69. The van der Waals surface area contributed by atoms with Gasteiger partial charge < -0.3 is 9.47 Å². The average molecular weight is 585 g/mol. The second-order valence-electron chi connectivity index (χ2n) is 15.8. The molecule has 5 fully saturated rings. The van der Waals surface area contributed by atoms with Crippen molar-refractivity contribution in [2.75, 3.05) is 6.61 Å². The van der Waals surface area contributed by atoms with Crippen molar-refractivity contribution < 1.29 is 19.1 Å².